The van der Waals surface area contributed by atoms with Gasteiger partial charge in [0.05, 0.1) is 29.4 Å². The Kier molecular flexibility index (Phi) is 14.1. The molecular formula is C54H57N3OS2. The topological polar surface area (TPSA) is 47.9 Å². The Labute approximate surface area is 365 Å². The van der Waals surface area contributed by atoms with Crippen LogP contribution in [-0.4, -0.2) is 21.6 Å². The first-order valence-electron chi connectivity index (χ1n) is 22.2. The number of benzene rings is 2. The van der Waals surface area contributed by atoms with E-state index < -0.39 is 0 Å². The van der Waals surface area contributed by atoms with Gasteiger partial charge in [0, 0.05) is 31.9 Å². The van der Waals surface area contributed by atoms with Gasteiger partial charge in [-0.3, -0.25) is 9.97 Å². The molecule has 0 spiro atoms. The second-order valence-electron chi connectivity index (χ2n) is 16.2. The third kappa shape index (κ3) is 10.2. The lowest BCUT2D eigenvalue weighted by Crippen LogP contribution is -1.97. The van der Waals surface area contributed by atoms with Crippen molar-refractivity contribution in [3.8, 4) is 60.5 Å². The summed E-state index contributed by atoms with van der Waals surface area (Å²) in [6.45, 7) is 7.68. The van der Waals surface area contributed by atoms with Crippen molar-refractivity contribution in [3.63, 3.8) is 0 Å². The molecule has 6 heteroatoms. The fourth-order valence-corrected chi connectivity index (χ4v) is 10.6. The first-order valence-corrected chi connectivity index (χ1v) is 23.8. The van der Waals surface area contributed by atoms with Gasteiger partial charge in [0.1, 0.15) is 5.75 Å². The molecule has 2 aromatic carbocycles. The van der Waals surface area contributed by atoms with Crippen molar-refractivity contribution in [2.24, 2.45) is 0 Å². The minimum atomic E-state index is 0.803. The van der Waals surface area contributed by atoms with Crippen LogP contribution in [0.25, 0.3) is 65.9 Å². The fraction of sp³-hybridized carbons (Fsp3) is 0.315. The number of unbranched alkanes of at least 4 members (excludes halogenated alkanes) is 9. The SMILES string of the molecule is CCCCCCCCCCCCOc1ccc(-c2cc(C3=C(c4cc(-c5ccc(-c6cc(-c7ccccn7)nc(-c7ccccn7)c6)cc5)sc4C)CCC3)c(C)s2)cc1. The second kappa shape index (κ2) is 20.4. The highest BCUT2D eigenvalue weighted by atomic mass is 32.1. The van der Waals surface area contributed by atoms with E-state index in [0.717, 1.165) is 65.5 Å². The number of rotatable bonds is 19. The molecule has 8 rings (SSSR count). The Balaban J connectivity index is 0.936. The minimum absolute atomic E-state index is 0.803. The van der Waals surface area contributed by atoms with Crippen LogP contribution in [0.15, 0.2) is 122 Å². The lowest BCUT2D eigenvalue weighted by Gasteiger charge is -2.10. The highest BCUT2D eigenvalue weighted by Crippen LogP contribution is 2.47. The van der Waals surface area contributed by atoms with Gasteiger partial charge < -0.3 is 4.74 Å². The molecule has 5 heterocycles. The molecule has 0 saturated heterocycles. The van der Waals surface area contributed by atoms with E-state index in [4.69, 9.17) is 9.72 Å². The number of thiophene rings is 2. The van der Waals surface area contributed by atoms with E-state index in [0.29, 0.717) is 0 Å². The van der Waals surface area contributed by atoms with Crippen LogP contribution in [0.3, 0.4) is 0 Å². The summed E-state index contributed by atoms with van der Waals surface area (Å²) in [6.07, 6.45) is 20.5. The molecule has 5 aromatic heterocycles. The van der Waals surface area contributed by atoms with Crippen LogP contribution in [-0.2, 0) is 0 Å². The van der Waals surface area contributed by atoms with E-state index in [9.17, 15) is 0 Å². The first-order chi connectivity index (χ1) is 29.5. The Bertz CT molecular complexity index is 2420. The summed E-state index contributed by atoms with van der Waals surface area (Å²) >= 11 is 3.82. The zero-order valence-electron chi connectivity index (χ0n) is 35.5. The number of allylic oxidation sites excluding steroid dienone is 2. The van der Waals surface area contributed by atoms with Crippen molar-refractivity contribution >= 4 is 33.8 Å². The Morgan fingerprint density at radius 3 is 1.48 bits per heavy atom. The molecular weight excluding hydrogens is 771 g/mol. The van der Waals surface area contributed by atoms with Crippen LogP contribution in [0, 0.1) is 13.8 Å². The van der Waals surface area contributed by atoms with Gasteiger partial charge in [-0.15, -0.1) is 22.7 Å². The maximum absolute atomic E-state index is 6.14. The van der Waals surface area contributed by atoms with Gasteiger partial charge >= 0.3 is 0 Å². The molecule has 60 heavy (non-hydrogen) atoms. The molecule has 0 aliphatic heterocycles. The number of nitrogens with zero attached hydrogens (tertiary/aromatic N) is 3. The number of hydrogen-bond donors (Lipinski definition) is 0. The summed E-state index contributed by atoms with van der Waals surface area (Å²) in [7, 11) is 0. The van der Waals surface area contributed by atoms with E-state index in [1.807, 2.05) is 71.5 Å². The highest BCUT2D eigenvalue weighted by Gasteiger charge is 2.24. The normalized spacial score (nSPS) is 12.7. The number of hydrogen-bond acceptors (Lipinski definition) is 6. The summed E-state index contributed by atoms with van der Waals surface area (Å²) in [6, 6.07) is 38.8. The number of aromatic nitrogens is 3. The summed E-state index contributed by atoms with van der Waals surface area (Å²) in [5.74, 6) is 0.976. The molecule has 0 radical (unpaired) electrons. The Morgan fingerprint density at radius 1 is 0.500 bits per heavy atom. The van der Waals surface area contributed by atoms with Crippen LogP contribution in [0.1, 0.15) is 111 Å². The van der Waals surface area contributed by atoms with Crippen LogP contribution in [0.5, 0.6) is 5.75 Å². The third-order valence-corrected chi connectivity index (χ3v) is 14.0. The maximum atomic E-state index is 6.14. The highest BCUT2D eigenvalue weighted by molar-refractivity contribution is 7.16. The molecule has 306 valence electrons. The molecule has 1 aliphatic rings. The largest absolute Gasteiger partial charge is 0.494 e. The fourth-order valence-electron chi connectivity index (χ4n) is 8.50. The van der Waals surface area contributed by atoms with Crippen molar-refractivity contribution in [1.29, 1.82) is 0 Å². The van der Waals surface area contributed by atoms with E-state index in [2.05, 4.69) is 104 Å². The Morgan fingerprint density at radius 2 is 0.983 bits per heavy atom. The molecule has 0 saturated carbocycles. The predicted octanol–water partition coefficient (Wildman–Crippen LogP) is 16.3. The lowest BCUT2D eigenvalue weighted by atomic mass is 9.96. The quantitative estimate of drug-likeness (QED) is 0.0762. The van der Waals surface area contributed by atoms with Crippen molar-refractivity contribution < 1.29 is 4.74 Å². The van der Waals surface area contributed by atoms with E-state index in [1.54, 1.807) is 0 Å². The molecule has 0 amide bonds. The Hall–Kier alpha value is -5.17. The number of ether oxygens (including phenoxy) is 1. The predicted molar refractivity (Wildman–Crippen MR) is 257 cm³/mol. The number of aryl methyl sites for hydroxylation is 2. The minimum Gasteiger partial charge on any atom is -0.494 e. The summed E-state index contributed by atoms with van der Waals surface area (Å²) in [5, 5.41) is 0. The number of pyridine rings is 3. The molecule has 0 fully saturated rings. The average Bonchev–Trinajstić information content (AvgIpc) is 4.04. The molecule has 0 atom stereocenters. The first kappa shape index (κ1) is 41.6. The standard InChI is InChI=1S/C54H57N3OS2/c1-4-5-6-7-8-9-10-11-12-17-33-58-44-29-27-42(28-30-44)54-37-48(39(3)60-54)46-20-18-19-45(46)47-36-53(59-38(47)2)41-25-23-40(24-26-41)43-34-51(49-21-13-15-31-55-49)57-52(35-43)50-22-14-16-32-56-50/h13-16,21-32,34-37H,4-12,17-20,33H2,1-3H3. The maximum Gasteiger partial charge on any atom is 0.119 e. The van der Waals surface area contributed by atoms with Crippen LogP contribution in [0.4, 0.5) is 0 Å². The monoisotopic (exact) mass is 827 g/mol. The van der Waals surface area contributed by atoms with E-state index in [1.165, 1.54) is 117 Å². The van der Waals surface area contributed by atoms with E-state index >= 15 is 0 Å². The molecule has 7 aromatic rings. The zero-order valence-corrected chi connectivity index (χ0v) is 37.1. The van der Waals surface area contributed by atoms with Crippen LogP contribution < -0.4 is 4.74 Å². The van der Waals surface area contributed by atoms with Gasteiger partial charge in [-0.1, -0.05) is 101 Å². The summed E-state index contributed by atoms with van der Waals surface area (Å²) < 4.78 is 6.14. The van der Waals surface area contributed by atoms with Crippen molar-refractivity contribution in [2.45, 2.75) is 104 Å². The molecule has 1 aliphatic carbocycles. The van der Waals surface area contributed by atoms with Gasteiger partial charge in [-0.05, 0) is 157 Å². The van der Waals surface area contributed by atoms with Gasteiger partial charge in [0.2, 0.25) is 0 Å². The van der Waals surface area contributed by atoms with E-state index in [-0.39, 0.29) is 0 Å². The van der Waals surface area contributed by atoms with Crippen molar-refractivity contribution in [1.82, 2.24) is 15.0 Å². The van der Waals surface area contributed by atoms with Crippen LogP contribution in [0.2, 0.25) is 0 Å². The molecule has 0 bridgehead atoms. The third-order valence-electron chi connectivity index (χ3n) is 11.8. The smallest absolute Gasteiger partial charge is 0.119 e. The van der Waals surface area contributed by atoms with Crippen LogP contribution >= 0.6 is 22.7 Å². The van der Waals surface area contributed by atoms with Gasteiger partial charge in [0.25, 0.3) is 0 Å². The van der Waals surface area contributed by atoms with Gasteiger partial charge in [-0.25, -0.2) is 4.98 Å². The summed E-state index contributed by atoms with van der Waals surface area (Å²) in [4.78, 5) is 19.6. The molecule has 0 N–H and O–H groups in total. The lowest BCUT2D eigenvalue weighted by molar-refractivity contribution is 0.304. The van der Waals surface area contributed by atoms with Crippen molar-refractivity contribution in [2.75, 3.05) is 6.61 Å². The second-order valence-corrected chi connectivity index (χ2v) is 18.7. The van der Waals surface area contributed by atoms with Gasteiger partial charge in [-0.2, -0.15) is 0 Å². The average molecular weight is 828 g/mol. The van der Waals surface area contributed by atoms with Gasteiger partial charge in [0.15, 0.2) is 0 Å². The zero-order chi connectivity index (χ0) is 41.1. The molecule has 4 nitrogen and oxygen atoms in total. The molecule has 0 unspecified atom stereocenters. The summed E-state index contributed by atoms with van der Waals surface area (Å²) in [5.41, 5.74) is 14.0. The van der Waals surface area contributed by atoms with Crippen molar-refractivity contribution in [3.05, 3.63) is 142 Å².